The van der Waals surface area contributed by atoms with Crippen molar-refractivity contribution in [1.29, 1.82) is 5.41 Å². The van der Waals surface area contributed by atoms with Gasteiger partial charge in [0.2, 0.25) is 0 Å². The van der Waals surface area contributed by atoms with E-state index in [1.165, 1.54) is 0 Å². The van der Waals surface area contributed by atoms with E-state index < -0.39 is 23.6 Å². The lowest BCUT2D eigenvalue weighted by Crippen LogP contribution is -2.35. The molecule has 1 atom stereocenters. The summed E-state index contributed by atoms with van der Waals surface area (Å²) in [6.45, 7) is 0. The van der Waals surface area contributed by atoms with Crippen molar-refractivity contribution in [2.75, 3.05) is 5.32 Å². The second kappa shape index (κ2) is 5.64. The average Bonchev–Trinajstić information content (AvgIpc) is 2.29. The Bertz CT molecular complexity index is 431. The molecule has 0 saturated heterocycles. The summed E-state index contributed by atoms with van der Waals surface area (Å²) in [5, 5.41) is 18.6. The normalized spacial score (nSPS) is 11.5. The van der Waals surface area contributed by atoms with Crippen LogP contribution in [0.4, 0.5) is 5.69 Å². The van der Waals surface area contributed by atoms with Crippen LogP contribution < -0.4 is 11.1 Å². The van der Waals surface area contributed by atoms with Crippen LogP contribution >= 0.6 is 0 Å². The summed E-state index contributed by atoms with van der Waals surface area (Å²) in [4.78, 5) is 22.1. The van der Waals surface area contributed by atoms with Gasteiger partial charge in [-0.15, -0.1) is 0 Å². The molecule has 0 radical (unpaired) electrons. The first-order chi connectivity index (χ1) is 8.00. The zero-order chi connectivity index (χ0) is 12.8. The van der Waals surface area contributed by atoms with Gasteiger partial charge in [0.1, 0.15) is 6.04 Å². The van der Waals surface area contributed by atoms with Gasteiger partial charge in [-0.1, -0.05) is 18.2 Å². The molecule has 5 N–H and O–H groups in total. The number of nitrogens with one attached hydrogen (secondary N) is 2. The molecule has 0 aliphatic heterocycles. The van der Waals surface area contributed by atoms with E-state index in [2.05, 4.69) is 5.32 Å². The number of amidine groups is 1. The molecule has 0 aliphatic carbocycles. The second-order valence-corrected chi connectivity index (χ2v) is 3.44. The fourth-order valence-electron chi connectivity index (χ4n) is 1.23. The van der Waals surface area contributed by atoms with E-state index in [1.807, 2.05) is 0 Å². The minimum Gasteiger partial charge on any atom is -0.480 e. The summed E-state index contributed by atoms with van der Waals surface area (Å²) in [6.07, 6.45) is -0.348. The molecule has 1 unspecified atom stereocenters. The number of nitrogens with two attached hydrogens (primary N) is 1. The summed E-state index contributed by atoms with van der Waals surface area (Å²) in [7, 11) is 0. The van der Waals surface area contributed by atoms with Crippen LogP contribution in [0.1, 0.15) is 6.42 Å². The van der Waals surface area contributed by atoms with E-state index in [1.54, 1.807) is 30.3 Å². The number of ketones is 1. The number of Topliss-reactive ketones (excluding diaryl/α,β-unsaturated/α-hetero) is 1. The van der Waals surface area contributed by atoms with Crippen LogP contribution in [0.15, 0.2) is 30.3 Å². The van der Waals surface area contributed by atoms with Gasteiger partial charge in [0.25, 0.3) is 0 Å². The molecule has 0 amide bonds. The number of benzene rings is 1. The molecule has 1 aromatic rings. The lowest BCUT2D eigenvalue weighted by atomic mass is 10.1. The highest BCUT2D eigenvalue weighted by Gasteiger charge is 2.22. The quantitative estimate of drug-likeness (QED) is 0.422. The minimum absolute atomic E-state index is 0.348. The van der Waals surface area contributed by atoms with Crippen molar-refractivity contribution >= 4 is 23.3 Å². The van der Waals surface area contributed by atoms with Gasteiger partial charge < -0.3 is 16.2 Å². The van der Waals surface area contributed by atoms with Crippen molar-refractivity contribution in [3.8, 4) is 0 Å². The number of carboxylic acid groups (broad SMARTS) is 1. The number of carbonyl (C=O) groups is 2. The van der Waals surface area contributed by atoms with Crippen molar-refractivity contribution in [3.05, 3.63) is 30.3 Å². The summed E-state index contributed by atoms with van der Waals surface area (Å²) in [5.74, 6) is -2.49. The number of hydrogen-bond donors (Lipinski definition) is 4. The first kappa shape index (κ1) is 12.7. The smallest absolute Gasteiger partial charge is 0.326 e. The molecule has 0 bridgehead atoms. The predicted octanol–water partition coefficient (Wildman–Crippen LogP) is 0.447. The molecule has 1 aromatic carbocycles. The Labute approximate surface area is 97.9 Å². The third kappa shape index (κ3) is 3.94. The molecule has 1 rings (SSSR count). The Morgan fingerprint density at radius 1 is 1.35 bits per heavy atom. The van der Waals surface area contributed by atoms with Gasteiger partial charge >= 0.3 is 5.97 Å². The van der Waals surface area contributed by atoms with Crippen LogP contribution in [-0.2, 0) is 9.59 Å². The third-order valence-electron chi connectivity index (χ3n) is 2.10. The molecule has 6 nitrogen and oxygen atoms in total. The number of carboxylic acids is 1. The lowest BCUT2D eigenvalue weighted by molar-refractivity contribution is -0.139. The van der Waals surface area contributed by atoms with Crippen LogP contribution in [0.5, 0.6) is 0 Å². The average molecular weight is 235 g/mol. The van der Waals surface area contributed by atoms with Gasteiger partial charge in [-0.3, -0.25) is 10.2 Å². The SMILES string of the molecule is N=C(N)C(=O)CC(Nc1ccccc1)C(=O)O. The standard InChI is InChI=1S/C11H13N3O3/c12-10(13)9(15)6-8(11(16)17)14-7-4-2-1-3-5-7/h1-5,8,14H,6H2,(H3,12,13)(H,16,17). The molecule has 0 aromatic heterocycles. The summed E-state index contributed by atoms with van der Waals surface area (Å²) in [6, 6.07) is 7.57. The number of rotatable bonds is 6. The Morgan fingerprint density at radius 2 is 1.94 bits per heavy atom. The Kier molecular flexibility index (Phi) is 4.21. The van der Waals surface area contributed by atoms with E-state index >= 15 is 0 Å². The Hall–Kier alpha value is -2.37. The molecule has 6 heteroatoms. The van der Waals surface area contributed by atoms with Gasteiger partial charge in [0, 0.05) is 12.1 Å². The van der Waals surface area contributed by atoms with Crippen LogP contribution in [0.25, 0.3) is 0 Å². The van der Waals surface area contributed by atoms with E-state index in [4.69, 9.17) is 16.2 Å². The van der Waals surface area contributed by atoms with Gasteiger partial charge in [-0.05, 0) is 12.1 Å². The van der Waals surface area contributed by atoms with Gasteiger partial charge in [-0.2, -0.15) is 0 Å². The summed E-state index contributed by atoms with van der Waals surface area (Å²) >= 11 is 0. The largest absolute Gasteiger partial charge is 0.480 e. The monoisotopic (exact) mass is 235 g/mol. The molecule has 0 fully saturated rings. The Morgan fingerprint density at radius 3 is 2.41 bits per heavy atom. The number of carbonyl (C=O) groups excluding carboxylic acids is 1. The minimum atomic E-state index is -1.16. The molecular weight excluding hydrogens is 222 g/mol. The fraction of sp³-hybridized carbons (Fsp3) is 0.182. The number of aliphatic carboxylic acids is 1. The topological polar surface area (TPSA) is 116 Å². The first-order valence-corrected chi connectivity index (χ1v) is 4.92. The summed E-state index contributed by atoms with van der Waals surface area (Å²) < 4.78 is 0. The van der Waals surface area contributed by atoms with Crippen LogP contribution in [-0.4, -0.2) is 28.7 Å². The maximum absolute atomic E-state index is 11.2. The number of para-hydroxylation sites is 1. The zero-order valence-corrected chi connectivity index (χ0v) is 9.01. The van der Waals surface area contributed by atoms with Gasteiger partial charge in [-0.25, -0.2) is 4.79 Å². The molecule has 17 heavy (non-hydrogen) atoms. The van der Waals surface area contributed by atoms with E-state index in [0.717, 1.165) is 0 Å². The van der Waals surface area contributed by atoms with Crippen LogP contribution in [0.3, 0.4) is 0 Å². The fourth-order valence-corrected chi connectivity index (χ4v) is 1.23. The van der Waals surface area contributed by atoms with Crippen LogP contribution in [0.2, 0.25) is 0 Å². The van der Waals surface area contributed by atoms with Crippen molar-refractivity contribution in [2.24, 2.45) is 5.73 Å². The van der Waals surface area contributed by atoms with Crippen molar-refractivity contribution in [2.45, 2.75) is 12.5 Å². The molecule has 90 valence electrons. The maximum atomic E-state index is 11.2. The maximum Gasteiger partial charge on any atom is 0.326 e. The molecule has 0 spiro atoms. The first-order valence-electron chi connectivity index (χ1n) is 4.92. The lowest BCUT2D eigenvalue weighted by Gasteiger charge is -2.14. The predicted molar refractivity (Wildman–Crippen MR) is 63.0 cm³/mol. The van der Waals surface area contributed by atoms with Crippen molar-refractivity contribution in [3.63, 3.8) is 0 Å². The molecule has 0 heterocycles. The highest BCUT2D eigenvalue weighted by atomic mass is 16.4. The highest BCUT2D eigenvalue weighted by Crippen LogP contribution is 2.09. The molecule has 0 aliphatic rings. The second-order valence-electron chi connectivity index (χ2n) is 3.44. The molecule has 0 saturated carbocycles. The number of anilines is 1. The zero-order valence-electron chi connectivity index (χ0n) is 9.01. The highest BCUT2D eigenvalue weighted by molar-refractivity contribution is 6.37. The summed E-state index contributed by atoms with van der Waals surface area (Å²) in [5.41, 5.74) is 5.58. The third-order valence-corrected chi connectivity index (χ3v) is 2.10. The number of hydrogen-bond acceptors (Lipinski definition) is 4. The van der Waals surface area contributed by atoms with Crippen LogP contribution in [0, 0.1) is 5.41 Å². The van der Waals surface area contributed by atoms with Crippen molar-refractivity contribution < 1.29 is 14.7 Å². The van der Waals surface area contributed by atoms with Gasteiger partial charge in [0.15, 0.2) is 11.6 Å². The van der Waals surface area contributed by atoms with E-state index in [-0.39, 0.29) is 6.42 Å². The van der Waals surface area contributed by atoms with Gasteiger partial charge in [0.05, 0.1) is 0 Å². The van der Waals surface area contributed by atoms with E-state index in [9.17, 15) is 9.59 Å². The van der Waals surface area contributed by atoms with Crippen molar-refractivity contribution in [1.82, 2.24) is 0 Å². The van der Waals surface area contributed by atoms with E-state index in [0.29, 0.717) is 5.69 Å². The molecular formula is C11H13N3O3. The Balaban J connectivity index is 2.71.